The number of benzene rings is 1. The molecule has 4 aromatic heterocycles. The maximum Gasteiger partial charge on any atom is 0.261 e. The number of aromatic nitrogens is 3. The first-order valence-electron chi connectivity index (χ1n) is 10.2. The van der Waals surface area contributed by atoms with Crippen LogP contribution in [0.2, 0.25) is 10.0 Å². The van der Waals surface area contributed by atoms with Gasteiger partial charge in [-0.25, -0.2) is 9.97 Å². The van der Waals surface area contributed by atoms with Gasteiger partial charge in [0.1, 0.15) is 16.6 Å². The first-order chi connectivity index (χ1) is 16.1. The summed E-state index contributed by atoms with van der Waals surface area (Å²) in [4.78, 5) is 27.6. The van der Waals surface area contributed by atoms with Crippen molar-refractivity contribution in [3.05, 3.63) is 80.5 Å². The molecule has 1 atom stereocenters. The molecule has 1 aromatic carbocycles. The van der Waals surface area contributed by atoms with Gasteiger partial charge in [-0.3, -0.25) is 9.20 Å². The van der Waals surface area contributed by atoms with Crippen LogP contribution in [0.25, 0.3) is 15.2 Å². The number of nitrogens with zero attached hydrogens (tertiary/aromatic N) is 4. The lowest BCUT2D eigenvalue weighted by Gasteiger charge is -2.35. The van der Waals surface area contributed by atoms with Crippen LogP contribution in [0.1, 0.15) is 22.3 Å². The molecule has 0 saturated heterocycles. The normalized spacial score (nSPS) is 15.8. The smallest absolute Gasteiger partial charge is 0.261 e. The van der Waals surface area contributed by atoms with Crippen molar-refractivity contribution in [3.8, 4) is 5.75 Å². The monoisotopic (exact) mass is 514 g/mol. The van der Waals surface area contributed by atoms with E-state index in [1.165, 1.54) is 0 Å². The van der Waals surface area contributed by atoms with Crippen molar-refractivity contribution < 1.29 is 9.53 Å². The van der Waals surface area contributed by atoms with Crippen molar-refractivity contribution in [1.82, 2.24) is 19.3 Å². The molecule has 0 radical (unpaired) electrons. The summed E-state index contributed by atoms with van der Waals surface area (Å²) in [6.45, 7) is 0.433. The predicted molar refractivity (Wildman–Crippen MR) is 132 cm³/mol. The molecule has 1 aliphatic rings. The minimum Gasteiger partial charge on any atom is -0.482 e. The van der Waals surface area contributed by atoms with E-state index in [9.17, 15) is 4.79 Å². The lowest BCUT2D eigenvalue weighted by molar-refractivity contribution is -0.135. The van der Waals surface area contributed by atoms with Gasteiger partial charge < -0.3 is 9.64 Å². The summed E-state index contributed by atoms with van der Waals surface area (Å²) in [5, 5.41) is 3.96. The largest absolute Gasteiger partial charge is 0.482 e. The zero-order valence-electron chi connectivity index (χ0n) is 17.1. The van der Waals surface area contributed by atoms with E-state index in [1.807, 2.05) is 28.6 Å². The van der Waals surface area contributed by atoms with Gasteiger partial charge in [-0.15, -0.1) is 22.7 Å². The summed E-state index contributed by atoms with van der Waals surface area (Å²) in [5.41, 5.74) is 2.06. The molecule has 1 aliphatic heterocycles. The van der Waals surface area contributed by atoms with Crippen LogP contribution < -0.4 is 4.74 Å². The summed E-state index contributed by atoms with van der Waals surface area (Å²) in [7, 11) is 0. The molecule has 6 nitrogen and oxygen atoms in total. The highest BCUT2D eigenvalue weighted by Crippen LogP contribution is 2.41. The van der Waals surface area contributed by atoms with Crippen LogP contribution in [-0.4, -0.2) is 38.3 Å². The van der Waals surface area contributed by atoms with E-state index >= 15 is 0 Å². The van der Waals surface area contributed by atoms with Gasteiger partial charge in [0.05, 0.1) is 16.4 Å². The summed E-state index contributed by atoms with van der Waals surface area (Å²) >= 11 is 15.4. The third-order valence-electron chi connectivity index (χ3n) is 5.68. The van der Waals surface area contributed by atoms with Gasteiger partial charge in [0.15, 0.2) is 11.6 Å². The SMILES string of the molecule is O=C(COc1ccc(Cl)cc1Cl)N1CCc2nc3sccn3c2C1c1cc2cccnc2s1. The van der Waals surface area contributed by atoms with Gasteiger partial charge in [-0.05, 0) is 30.3 Å². The van der Waals surface area contributed by atoms with Crippen molar-refractivity contribution in [2.45, 2.75) is 12.5 Å². The number of ether oxygens (including phenoxy) is 1. The van der Waals surface area contributed by atoms with Crippen molar-refractivity contribution in [1.29, 1.82) is 0 Å². The molecule has 6 rings (SSSR count). The first-order valence-corrected chi connectivity index (χ1v) is 12.7. The molecule has 0 fully saturated rings. The number of pyridine rings is 1. The van der Waals surface area contributed by atoms with Gasteiger partial charge in [0.25, 0.3) is 5.91 Å². The number of hydrogen-bond donors (Lipinski definition) is 0. The molecule has 0 bridgehead atoms. The number of hydrogen-bond acceptors (Lipinski definition) is 6. The van der Waals surface area contributed by atoms with Crippen LogP contribution in [0.4, 0.5) is 0 Å². The fourth-order valence-electron chi connectivity index (χ4n) is 4.22. The van der Waals surface area contributed by atoms with Gasteiger partial charge in [0, 0.05) is 46.0 Å². The Labute approximate surface area is 207 Å². The number of halogens is 2. The van der Waals surface area contributed by atoms with Gasteiger partial charge in [0.2, 0.25) is 0 Å². The third kappa shape index (κ3) is 3.67. The average molecular weight is 515 g/mol. The fourth-order valence-corrected chi connectivity index (χ4v) is 6.54. The Balaban J connectivity index is 1.38. The molecule has 5 aromatic rings. The van der Waals surface area contributed by atoms with Crippen LogP contribution >= 0.6 is 45.9 Å². The van der Waals surface area contributed by atoms with Crippen molar-refractivity contribution >= 4 is 67.0 Å². The van der Waals surface area contributed by atoms with Crippen LogP contribution in [0, 0.1) is 0 Å². The zero-order valence-corrected chi connectivity index (χ0v) is 20.2. The van der Waals surface area contributed by atoms with E-state index in [4.69, 9.17) is 32.9 Å². The van der Waals surface area contributed by atoms with E-state index < -0.39 is 0 Å². The standard InChI is InChI=1S/C23H16Cl2N4O2S2/c24-14-3-4-17(15(25)11-14)31-12-19(30)28-7-5-16-20(29-8-9-32-23(29)27-16)21(28)18-10-13-2-1-6-26-22(13)33-18/h1-4,6,8-11,21H,5,7,12H2. The molecule has 0 N–H and O–H groups in total. The molecular formula is C23H16Cl2N4O2S2. The number of imidazole rings is 1. The Morgan fingerprint density at radius 3 is 3.00 bits per heavy atom. The number of fused-ring (bicyclic) bond motifs is 4. The average Bonchev–Trinajstić information content (AvgIpc) is 3.51. The third-order valence-corrected chi connectivity index (χ3v) is 8.08. The van der Waals surface area contributed by atoms with E-state index in [0.29, 0.717) is 28.8 Å². The van der Waals surface area contributed by atoms with Crippen LogP contribution in [0.3, 0.4) is 0 Å². The molecule has 1 amide bonds. The molecule has 33 heavy (non-hydrogen) atoms. The Kier molecular flexibility index (Phi) is 5.25. The molecule has 10 heteroatoms. The lowest BCUT2D eigenvalue weighted by Crippen LogP contribution is -2.43. The predicted octanol–water partition coefficient (Wildman–Crippen LogP) is 5.87. The Bertz CT molecular complexity index is 1480. The molecule has 0 aliphatic carbocycles. The fraction of sp³-hybridized carbons (Fsp3) is 0.174. The van der Waals surface area contributed by atoms with Crippen LogP contribution in [0.5, 0.6) is 5.75 Å². The molecule has 166 valence electrons. The number of carbonyl (C=O) groups is 1. The molecule has 0 saturated carbocycles. The number of amides is 1. The van der Waals surface area contributed by atoms with E-state index in [2.05, 4.69) is 15.5 Å². The molecule has 1 unspecified atom stereocenters. The summed E-state index contributed by atoms with van der Waals surface area (Å²) in [6, 6.07) is 10.8. The maximum absolute atomic E-state index is 13.4. The number of carbonyl (C=O) groups excluding carboxylic acids is 1. The van der Waals surface area contributed by atoms with E-state index in [1.54, 1.807) is 47.1 Å². The Morgan fingerprint density at radius 1 is 1.24 bits per heavy atom. The minimum atomic E-state index is -0.269. The number of thiazole rings is 1. The molecule has 5 heterocycles. The van der Waals surface area contributed by atoms with Gasteiger partial charge in [-0.2, -0.15) is 0 Å². The highest BCUT2D eigenvalue weighted by atomic mass is 35.5. The first kappa shape index (κ1) is 20.9. The highest BCUT2D eigenvalue weighted by molar-refractivity contribution is 7.18. The quantitative estimate of drug-likeness (QED) is 0.301. The Hall–Kier alpha value is -2.65. The van der Waals surface area contributed by atoms with Crippen LogP contribution in [0.15, 0.2) is 54.2 Å². The minimum absolute atomic E-state index is 0.118. The second-order valence-corrected chi connectivity index (χ2v) is 10.4. The summed E-state index contributed by atoms with van der Waals surface area (Å²) in [5.74, 6) is 0.312. The molecular weight excluding hydrogens is 499 g/mol. The van der Waals surface area contributed by atoms with E-state index in [0.717, 1.165) is 31.4 Å². The molecule has 0 spiro atoms. The van der Waals surface area contributed by atoms with Crippen LogP contribution in [-0.2, 0) is 11.2 Å². The second kappa shape index (κ2) is 8.29. The second-order valence-electron chi connectivity index (χ2n) is 7.65. The lowest BCUT2D eigenvalue weighted by atomic mass is 10.0. The number of thiophene rings is 1. The zero-order chi connectivity index (χ0) is 22.5. The van der Waals surface area contributed by atoms with Gasteiger partial charge >= 0.3 is 0 Å². The van der Waals surface area contributed by atoms with E-state index in [-0.39, 0.29) is 18.6 Å². The van der Waals surface area contributed by atoms with Crippen molar-refractivity contribution in [3.63, 3.8) is 0 Å². The van der Waals surface area contributed by atoms with Gasteiger partial charge in [-0.1, -0.05) is 29.3 Å². The maximum atomic E-state index is 13.4. The van der Waals surface area contributed by atoms with Crippen molar-refractivity contribution in [2.24, 2.45) is 0 Å². The summed E-state index contributed by atoms with van der Waals surface area (Å²) < 4.78 is 7.88. The topological polar surface area (TPSA) is 59.7 Å². The number of rotatable bonds is 4. The highest BCUT2D eigenvalue weighted by Gasteiger charge is 2.37. The van der Waals surface area contributed by atoms with Crippen molar-refractivity contribution in [2.75, 3.05) is 13.2 Å². The summed E-state index contributed by atoms with van der Waals surface area (Å²) in [6.07, 6.45) is 4.50. The Morgan fingerprint density at radius 2 is 2.15 bits per heavy atom.